The monoisotopic (exact) mass is 158 g/mol. The summed E-state index contributed by atoms with van der Waals surface area (Å²) in [6.45, 7) is 0. The van der Waals surface area contributed by atoms with Gasteiger partial charge in [0.2, 0.25) is 9.05 Å². The molecule has 1 N–H and O–H groups in total. The summed E-state index contributed by atoms with van der Waals surface area (Å²) in [4.78, 5) is 9.55. The molecule has 0 radical (unpaired) electrons. The Morgan fingerprint density at radius 1 is 1.62 bits per heavy atom. The van der Waals surface area contributed by atoms with Gasteiger partial charge in [-0.15, -0.1) is 0 Å². The fourth-order valence-electron chi connectivity index (χ4n) is 0.147. The van der Waals surface area contributed by atoms with Crippen LogP contribution in [-0.2, 0) is 13.8 Å². The van der Waals surface area contributed by atoms with E-state index >= 15 is 0 Å². The van der Waals surface area contributed by atoms with Gasteiger partial charge >= 0.3 is 5.97 Å². The zero-order valence-electron chi connectivity index (χ0n) is 3.67. The molecule has 48 valence electrons. The van der Waals surface area contributed by atoms with Gasteiger partial charge in [-0.2, -0.15) is 0 Å². The molecule has 0 heterocycles. The van der Waals surface area contributed by atoms with Gasteiger partial charge < -0.3 is 5.11 Å². The maximum absolute atomic E-state index is 9.83. The molecule has 0 aliphatic rings. The molecule has 0 aromatic carbocycles. The summed E-state index contributed by atoms with van der Waals surface area (Å²) in [7, 11) is 0.669. The standard InChI is InChI=1S/C2H3ClO4S/c3-8(6,7)1-2(4)5/h1H2,(H,4,5). The van der Waals surface area contributed by atoms with Crippen molar-refractivity contribution in [3.8, 4) is 0 Å². The summed E-state index contributed by atoms with van der Waals surface area (Å²) >= 11 is 0. The Morgan fingerprint density at radius 2 is 2.00 bits per heavy atom. The number of aliphatic carboxylic acids is 1. The molecule has 0 rings (SSSR count). The molecule has 4 nitrogen and oxygen atoms in total. The summed E-state index contributed by atoms with van der Waals surface area (Å²) in [6, 6.07) is 0. The lowest BCUT2D eigenvalue weighted by atomic mass is 10.8. The third-order valence-corrected chi connectivity index (χ3v) is 1.21. The van der Waals surface area contributed by atoms with Gasteiger partial charge in [0.15, 0.2) is 5.75 Å². The third-order valence-electron chi connectivity index (χ3n) is 0.296. The van der Waals surface area contributed by atoms with E-state index in [4.69, 9.17) is 5.11 Å². The van der Waals surface area contributed by atoms with Gasteiger partial charge in [0, 0.05) is 10.7 Å². The van der Waals surface area contributed by atoms with Gasteiger partial charge in [0.05, 0.1) is 0 Å². The SMILES string of the molecule is O=C(O)CS(=O)(=O)Cl. The number of carboxylic acids is 1. The van der Waals surface area contributed by atoms with Crippen molar-refractivity contribution in [2.75, 3.05) is 5.75 Å². The number of carboxylic acid groups (broad SMARTS) is 1. The van der Waals surface area contributed by atoms with Crippen molar-refractivity contribution in [2.24, 2.45) is 0 Å². The molecular weight excluding hydrogens is 156 g/mol. The number of hydrogen-bond donors (Lipinski definition) is 1. The molecule has 0 bridgehead atoms. The van der Waals surface area contributed by atoms with Gasteiger partial charge in [-0.05, 0) is 0 Å². The Morgan fingerprint density at radius 3 is 2.00 bits per heavy atom. The molecule has 0 saturated heterocycles. The highest BCUT2D eigenvalue weighted by Gasteiger charge is 2.09. The normalized spacial score (nSPS) is 11.1. The lowest BCUT2D eigenvalue weighted by Gasteiger charge is -1.83. The predicted octanol–water partition coefficient (Wildman–Crippen LogP) is -0.360. The molecule has 0 aliphatic carbocycles. The van der Waals surface area contributed by atoms with Crippen molar-refractivity contribution in [3.63, 3.8) is 0 Å². The molecule has 0 atom stereocenters. The van der Waals surface area contributed by atoms with E-state index in [0.29, 0.717) is 0 Å². The van der Waals surface area contributed by atoms with Crippen LogP contribution in [0.4, 0.5) is 0 Å². The maximum Gasteiger partial charge on any atom is 0.320 e. The van der Waals surface area contributed by atoms with E-state index in [0.717, 1.165) is 0 Å². The molecule has 0 aliphatic heterocycles. The Balaban J connectivity index is 3.95. The van der Waals surface area contributed by atoms with E-state index < -0.39 is 20.8 Å². The van der Waals surface area contributed by atoms with Crippen molar-refractivity contribution >= 4 is 25.7 Å². The van der Waals surface area contributed by atoms with Gasteiger partial charge in [-0.1, -0.05) is 0 Å². The van der Waals surface area contributed by atoms with Crippen molar-refractivity contribution in [1.82, 2.24) is 0 Å². The lowest BCUT2D eigenvalue weighted by molar-refractivity contribution is -0.134. The van der Waals surface area contributed by atoms with Crippen LogP contribution in [0.2, 0.25) is 0 Å². The second-order valence-electron chi connectivity index (χ2n) is 1.08. The quantitative estimate of drug-likeness (QED) is 0.557. The fraction of sp³-hybridized carbons (Fsp3) is 0.500. The van der Waals surface area contributed by atoms with E-state index in [9.17, 15) is 13.2 Å². The minimum atomic E-state index is -3.85. The van der Waals surface area contributed by atoms with Crippen molar-refractivity contribution < 1.29 is 18.3 Å². The first-order valence-corrected chi connectivity index (χ1v) is 4.04. The average molecular weight is 159 g/mol. The molecule has 0 aromatic rings. The van der Waals surface area contributed by atoms with Crippen LogP contribution in [0.3, 0.4) is 0 Å². The van der Waals surface area contributed by atoms with E-state index in [1.54, 1.807) is 0 Å². The van der Waals surface area contributed by atoms with Crippen LogP contribution in [-0.4, -0.2) is 25.2 Å². The molecular formula is C2H3ClO4S. The van der Waals surface area contributed by atoms with Crippen molar-refractivity contribution in [2.45, 2.75) is 0 Å². The minimum Gasteiger partial charge on any atom is -0.480 e. The van der Waals surface area contributed by atoms with Crippen LogP contribution in [0, 0.1) is 0 Å². The van der Waals surface area contributed by atoms with Crippen LogP contribution in [0.5, 0.6) is 0 Å². The van der Waals surface area contributed by atoms with Crippen LogP contribution >= 0.6 is 10.7 Å². The predicted molar refractivity (Wildman–Crippen MR) is 27.3 cm³/mol. The molecule has 6 heteroatoms. The van der Waals surface area contributed by atoms with Gasteiger partial charge in [-0.25, -0.2) is 8.42 Å². The van der Waals surface area contributed by atoms with E-state index in [2.05, 4.69) is 10.7 Å². The number of carbonyl (C=O) groups is 1. The van der Waals surface area contributed by atoms with Gasteiger partial charge in [0.1, 0.15) is 0 Å². The number of hydrogen-bond acceptors (Lipinski definition) is 3. The van der Waals surface area contributed by atoms with Gasteiger partial charge in [0.25, 0.3) is 0 Å². The second kappa shape index (κ2) is 2.32. The molecule has 0 unspecified atom stereocenters. The summed E-state index contributed by atoms with van der Waals surface area (Å²) in [6.07, 6.45) is 0. The maximum atomic E-state index is 9.83. The van der Waals surface area contributed by atoms with Crippen LogP contribution in [0.1, 0.15) is 0 Å². The lowest BCUT2D eigenvalue weighted by Crippen LogP contribution is -2.08. The molecule has 0 fully saturated rings. The smallest absolute Gasteiger partial charge is 0.320 e. The zero-order valence-corrected chi connectivity index (χ0v) is 5.24. The first kappa shape index (κ1) is 7.71. The highest BCUT2D eigenvalue weighted by Crippen LogP contribution is 1.93. The number of rotatable bonds is 2. The van der Waals surface area contributed by atoms with Crippen LogP contribution in [0.25, 0.3) is 0 Å². The van der Waals surface area contributed by atoms with Crippen molar-refractivity contribution in [3.05, 3.63) is 0 Å². The van der Waals surface area contributed by atoms with Crippen molar-refractivity contribution in [1.29, 1.82) is 0 Å². The van der Waals surface area contributed by atoms with E-state index in [1.165, 1.54) is 0 Å². The van der Waals surface area contributed by atoms with Crippen LogP contribution < -0.4 is 0 Å². The molecule has 0 saturated carbocycles. The highest BCUT2D eigenvalue weighted by atomic mass is 35.7. The summed E-state index contributed by atoms with van der Waals surface area (Å²) in [5, 5.41) is 7.79. The first-order chi connectivity index (χ1) is 3.42. The summed E-state index contributed by atoms with van der Waals surface area (Å²) in [5.41, 5.74) is 0. The minimum absolute atomic E-state index is 1.02. The molecule has 0 aromatic heterocycles. The third kappa shape index (κ3) is 5.71. The van der Waals surface area contributed by atoms with Crippen LogP contribution in [0.15, 0.2) is 0 Å². The second-order valence-corrected chi connectivity index (χ2v) is 3.85. The first-order valence-electron chi connectivity index (χ1n) is 1.56. The topological polar surface area (TPSA) is 71.4 Å². The zero-order chi connectivity index (χ0) is 6.78. The van der Waals surface area contributed by atoms with E-state index in [-0.39, 0.29) is 0 Å². The highest BCUT2D eigenvalue weighted by molar-refractivity contribution is 8.14. The summed E-state index contributed by atoms with van der Waals surface area (Å²) in [5.74, 6) is -2.46. The van der Waals surface area contributed by atoms with E-state index in [1.807, 2.05) is 0 Å². The molecule has 0 spiro atoms. The Hall–Kier alpha value is -0.290. The Labute approximate surface area is 50.5 Å². The Bertz CT molecular complexity index is 180. The fourth-order valence-corrected chi connectivity index (χ4v) is 0.722. The summed E-state index contributed by atoms with van der Waals surface area (Å²) < 4.78 is 19.7. The largest absolute Gasteiger partial charge is 0.480 e. The van der Waals surface area contributed by atoms with Gasteiger partial charge in [-0.3, -0.25) is 4.79 Å². The Kier molecular flexibility index (Phi) is 2.24. The number of halogens is 1. The average Bonchev–Trinajstić information content (AvgIpc) is 1.21. The molecule has 0 amide bonds. The molecule has 8 heavy (non-hydrogen) atoms.